The number of aromatic nitrogens is 1. The average molecular weight is 279 g/mol. The molecule has 0 spiro atoms. The molecule has 2 aromatic rings. The van der Waals surface area contributed by atoms with Gasteiger partial charge in [-0.3, -0.25) is 4.79 Å². The SMILES string of the molecule is COc1cccc(COc2c(F)cc(C=O)cc2F)n1. The minimum atomic E-state index is -0.935. The number of ether oxygens (including phenoxy) is 2. The van der Waals surface area contributed by atoms with Crippen molar-refractivity contribution in [2.45, 2.75) is 6.61 Å². The van der Waals surface area contributed by atoms with Crippen LogP contribution in [-0.4, -0.2) is 18.4 Å². The largest absolute Gasteiger partial charge is 0.481 e. The van der Waals surface area contributed by atoms with Crippen LogP contribution in [0, 0.1) is 11.6 Å². The predicted molar refractivity (Wildman–Crippen MR) is 66.9 cm³/mol. The standard InChI is InChI=1S/C14H11F2NO3/c1-19-13-4-2-3-10(17-13)8-20-14-11(15)5-9(7-18)6-12(14)16/h2-7H,8H2,1H3. The summed E-state index contributed by atoms with van der Waals surface area (Å²) in [6, 6.07) is 6.78. The van der Waals surface area contributed by atoms with E-state index < -0.39 is 17.4 Å². The first-order valence-corrected chi connectivity index (χ1v) is 5.71. The molecule has 0 aliphatic rings. The third kappa shape index (κ3) is 3.09. The van der Waals surface area contributed by atoms with E-state index >= 15 is 0 Å². The maximum absolute atomic E-state index is 13.6. The topological polar surface area (TPSA) is 48.4 Å². The quantitative estimate of drug-likeness (QED) is 0.790. The van der Waals surface area contributed by atoms with Crippen LogP contribution < -0.4 is 9.47 Å². The molecule has 0 saturated heterocycles. The smallest absolute Gasteiger partial charge is 0.213 e. The van der Waals surface area contributed by atoms with Gasteiger partial charge in [-0.1, -0.05) is 6.07 Å². The number of hydrogen-bond acceptors (Lipinski definition) is 4. The van der Waals surface area contributed by atoms with Crippen LogP contribution in [0.5, 0.6) is 11.6 Å². The maximum Gasteiger partial charge on any atom is 0.213 e. The van der Waals surface area contributed by atoms with E-state index in [1.807, 2.05) is 0 Å². The zero-order valence-electron chi connectivity index (χ0n) is 10.6. The second kappa shape index (κ2) is 6.10. The fourth-order valence-corrected chi connectivity index (χ4v) is 1.58. The zero-order chi connectivity index (χ0) is 14.5. The van der Waals surface area contributed by atoms with Crippen LogP contribution in [0.15, 0.2) is 30.3 Å². The van der Waals surface area contributed by atoms with Crippen LogP contribution >= 0.6 is 0 Å². The molecule has 6 heteroatoms. The number of aldehydes is 1. The first-order valence-electron chi connectivity index (χ1n) is 5.71. The number of benzene rings is 1. The van der Waals surface area contributed by atoms with Gasteiger partial charge in [0.1, 0.15) is 12.9 Å². The van der Waals surface area contributed by atoms with Crippen LogP contribution in [0.3, 0.4) is 0 Å². The Morgan fingerprint density at radius 3 is 2.55 bits per heavy atom. The maximum atomic E-state index is 13.6. The van der Waals surface area contributed by atoms with Gasteiger partial charge in [0.25, 0.3) is 0 Å². The highest BCUT2D eigenvalue weighted by Gasteiger charge is 2.13. The molecule has 0 atom stereocenters. The molecule has 1 heterocycles. The third-order valence-corrected chi connectivity index (χ3v) is 2.51. The molecular weight excluding hydrogens is 268 g/mol. The molecule has 0 aliphatic carbocycles. The van der Waals surface area contributed by atoms with Crippen LogP contribution in [0.2, 0.25) is 0 Å². The molecule has 0 unspecified atom stereocenters. The van der Waals surface area contributed by atoms with Gasteiger partial charge in [-0.05, 0) is 18.2 Å². The summed E-state index contributed by atoms with van der Waals surface area (Å²) in [5.41, 5.74) is 0.370. The monoisotopic (exact) mass is 279 g/mol. The Kier molecular flexibility index (Phi) is 4.24. The number of methoxy groups -OCH3 is 1. The molecule has 0 amide bonds. The van der Waals surface area contributed by atoms with E-state index in [-0.39, 0.29) is 12.2 Å². The highest BCUT2D eigenvalue weighted by molar-refractivity contribution is 5.75. The molecule has 20 heavy (non-hydrogen) atoms. The summed E-state index contributed by atoms with van der Waals surface area (Å²) < 4.78 is 37.2. The van der Waals surface area contributed by atoms with Gasteiger partial charge in [-0.2, -0.15) is 0 Å². The van der Waals surface area contributed by atoms with Gasteiger partial charge in [-0.25, -0.2) is 13.8 Å². The van der Waals surface area contributed by atoms with Crippen molar-refractivity contribution in [2.24, 2.45) is 0 Å². The van der Waals surface area contributed by atoms with Gasteiger partial charge in [0.05, 0.1) is 12.8 Å². The Balaban J connectivity index is 2.16. The highest BCUT2D eigenvalue weighted by Crippen LogP contribution is 2.23. The van der Waals surface area contributed by atoms with Gasteiger partial charge in [-0.15, -0.1) is 0 Å². The van der Waals surface area contributed by atoms with Crippen molar-refractivity contribution in [2.75, 3.05) is 7.11 Å². The summed E-state index contributed by atoms with van der Waals surface area (Å²) in [4.78, 5) is 14.5. The van der Waals surface area contributed by atoms with Crippen molar-refractivity contribution in [1.29, 1.82) is 0 Å². The van der Waals surface area contributed by atoms with Crippen molar-refractivity contribution < 1.29 is 23.0 Å². The van der Waals surface area contributed by atoms with Crippen molar-refractivity contribution in [3.63, 3.8) is 0 Å². The Labute approximate surface area is 114 Å². The molecule has 0 bridgehead atoms. The van der Waals surface area contributed by atoms with Crippen LogP contribution in [-0.2, 0) is 6.61 Å². The molecule has 4 nitrogen and oxygen atoms in total. The number of hydrogen-bond donors (Lipinski definition) is 0. The minimum absolute atomic E-state index is 0.0909. The van der Waals surface area contributed by atoms with Gasteiger partial charge in [0, 0.05) is 11.6 Å². The number of carbonyl (C=O) groups is 1. The second-order valence-corrected chi connectivity index (χ2v) is 3.89. The fourth-order valence-electron chi connectivity index (χ4n) is 1.58. The fraction of sp³-hybridized carbons (Fsp3) is 0.143. The van der Waals surface area contributed by atoms with E-state index in [4.69, 9.17) is 9.47 Å². The van der Waals surface area contributed by atoms with Crippen molar-refractivity contribution >= 4 is 6.29 Å². The van der Waals surface area contributed by atoms with Crippen molar-refractivity contribution in [1.82, 2.24) is 4.98 Å². The molecule has 0 N–H and O–H groups in total. The molecule has 0 radical (unpaired) electrons. The van der Waals surface area contributed by atoms with E-state index in [1.165, 1.54) is 7.11 Å². The van der Waals surface area contributed by atoms with E-state index in [2.05, 4.69) is 4.98 Å². The summed E-state index contributed by atoms with van der Waals surface area (Å²) in [6.45, 7) is -0.120. The summed E-state index contributed by atoms with van der Waals surface area (Å²) >= 11 is 0. The molecule has 2 rings (SSSR count). The zero-order valence-corrected chi connectivity index (χ0v) is 10.6. The predicted octanol–water partition coefficient (Wildman–Crippen LogP) is 2.76. The van der Waals surface area contributed by atoms with Crippen molar-refractivity contribution in [3.05, 3.63) is 53.2 Å². The molecule has 104 valence electrons. The number of pyridine rings is 1. The molecule has 0 fully saturated rings. The lowest BCUT2D eigenvalue weighted by Gasteiger charge is -2.09. The normalized spacial score (nSPS) is 10.2. The molecule has 0 saturated carbocycles. The Morgan fingerprint density at radius 1 is 1.25 bits per heavy atom. The number of rotatable bonds is 5. The second-order valence-electron chi connectivity index (χ2n) is 3.89. The molecule has 1 aromatic heterocycles. The van der Waals surface area contributed by atoms with E-state index in [0.717, 1.165) is 12.1 Å². The molecule has 0 aliphatic heterocycles. The summed E-state index contributed by atoms with van der Waals surface area (Å²) in [5, 5.41) is 0. The Bertz CT molecular complexity index is 609. The number of nitrogens with zero attached hydrogens (tertiary/aromatic N) is 1. The summed E-state index contributed by atoms with van der Waals surface area (Å²) in [6.07, 6.45) is 0.361. The van der Waals surface area contributed by atoms with Crippen molar-refractivity contribution in [3.8, 4) is 11.6 Å². The lowest BCUT2D eigenvalue weighted by molar-refractivity contribution is 0.112. The highest BCUT2D eigenvalue weighted by atomic mass is 19.1. The number of halogens is 2. The van der Waals surface area contributed by atoms with Gasteiger partial charge in [0.2, 0.25) is 5.88 Å². The lowest BCUT2D eigenvalue weighted by Crippen LogP contribution is -2.03. The summed E-state index contributed by atoms with van der Waals surface area (Å²) in [5.74, 6) is -2.03. The van der Waals surface area contributed by atoms with E-state index in [9.17, 15) is 13.6 Å². The Morgan fingerprint density at radius 2 is 1.95 bits per heavy atom. The van der Waals surface area contributed by atoms with Gasteiger partial charge in [0.15, 0.2) is 17.4 Å². The number of carbonyl (C=O) groups excluding carboxylic acids is 1. The van der Waals surface area contributed by atoms with Crippen LogP contribution in [0.1, 0.15) is 16.1 Å². The lowest BCUT2D eigenvalue weighted by atomic mass is 10.2. The summed E-state index contributed by atoms with van der Waals surface area (Å²) in [7, 11) is 1.46. The first-order chi connectivity index (χ1) is 9.63. The van der Waals surface area contributed by atoms with Gasteiger partial charge < -0.3 is 9.47 Å². The van der Waals surface area contributed by atoms with E-state index in [0.29, 0.717) is 17.9 Å². The molecular formula is C14H11F2NO3. The third-order valence-electron chi connectivity index (χ3n) is 2.51. The van der Waals surface area contributed by atoms with Gasteiger partial charge >= 0.3 is 0 Å². The van der Waals surface area contributed by atoms with Crippen LogP contribution in [0.25, 0.3) is 0 Å². The average Bonchev–Trinajstić information content (AvgIpc) is 2.46. The molecule has 1 aromatic carbocycles. The first kappa shape index (κ1) is 13.9. The Hall–Kier alpha value is -2.50. The minimum Gasteiger partial charge on any atom is -0.481 e. The van der Waals surface area contributed by atoms with E-state index in [1.54, 1.807) is 18.2 Å². The van der Waals surface area contributed by atoms with Crippen LogP contribution in [0.4, 0.5) is 8.78 Å².